The van der Waals surface area contributed by atoms with Crippen molar-refractivity contribution < 1.29 is 17.9 Å². The van der Waals surface area contributed by atoms with Gasteiger partial charge in [-0.15, -0.1) is 38.0 Å². The second kappa shape index (κ2) is 7.81. The van der Waals surface area contributed by atoms with Gasteiger partial charge in [0.05, 0.1) is 0 Å². The molecule has 1 aliphatic rings. The minimum atomic E-state index is -4.63. The van der Waals surface area contributed by atoms with E-state index in [0.717, 1.165) is 25.3 Å². The van der Waals surface area contributed by atoms with Crippen LogP contribution in [0.3, 0.4) is 0 Å². The van der Waals surface area contributed by atoms with E-state index in [1.165, 1.54) is 12.1 Å². The zero-order valence-electron chi connectivity index (χ0n) is 10.8. The van der Waals surface area contributed by atoms with Crippen molar-refractivity contribution in [2.24, 2.45) is 0 Å². The summed E-state index contributed by atoms with van der Waals surface area (Å²) in [5.41, 5.74) is 0.915. The summed E-state index contributed by atoms with van der Waals surface area (Å²) in [5.74, 6) is -0.186. The molecule has 116 valence electrons. The molecule has 1 aromatic rings. The van der Waals surface area contributed by atoms with Gasteiger partial charge in [0.15, 0.2) is 0 Å². The van der Waals surface area contributed by atoms with Crippen LogP contribution in [0.5, 0.6) is 5.75 Å². The third kappa shape index (κ3) is 5.64. The molecule has 1 N–H and O–H groups in total. The number of nitrogens with one attached hydrogen (secondary N) is 1. The number of alkyl halides is 3. The largest absolute Gasteiger partial charge is 0.573 e. The Kier molecular flexibility index (Phi) is 7.47. The van der Waals surface area contributed by atoms with Gasteiger partial charge in [0.2, 0.25) is 0 Å². The lowest BCUT2D eigenvalue weighted by atomic mass is 10.2. The smallest absolute Gasteiger partial charge is 0.406 e. The van der Waals surface area contributed by atoms with Gasteiger partial charge >= 0.3 is 6.36 Å². The SMILES string of the molecule is C[C@@H]1CN(c2ccc(OC(F)(F)F)cc2)CCN1.Cl.Cl. The molecule has 0 aliphatic carbocycles. The van der Waals surface area contributed by atoms with Gasteiger partial charge in [-0.1, -0.05) is 0 Å². The molecule has 0 radical (unpaired) electrons. The predicted molar refractivity (Wildman–Crippen MR) is 77.3 cm³/mol. The Morgan fingerprint density at radius 1 is 1.20 bits per heavy atom. The van der Waals surface area contributed by atoms with Crippen molar-refractivity contribution in [3.05, 3.63) is 24.3 Å². The number of hydrogen-bond donors (Lipinski definition) is 1. The van der Waals surface area contributed by atoms with E-state index in [4.69, 9.17) is 0 Å². The van der Waals surface area contributed by atoms with Crippen LogP contribution in [0.15, 0.2) is 24.3 Å². The van der Waals surface area contributed by atoms with Crippen LogP contribution in [-0.2, 0) is 0 Å². The maximum absolute atomic E-state index is 12.0. The molecular formula is C12H17Cl2F3N2O. The highest BCUT2D eigenvalue weighted by Crippen LogP contribution is 2.25. The molecule has 0 amide bonds. The lowest BCUT2D eigenvalue weighted by molar-refractivity contribution is -0.274. The van der Waals surface area contributed by atoms with E-state index in [2.05, 4.69) is 21.9 Å². The summed E-state index contributed by atoms with van der Waals surface area (Å²) in [7, 11) is 0. The van der Waals surface area contributed by atoms with Crippen LogP contribution in [0.2, 0.25) is 0 Å². The molecule has 0 bridgehead atoms. The van der Waals surface area contributed by atoms with Crippen molar-refractivity contribution in [2.45, 2.75) is 19.3 Å². The summed E-state index contributed by atoms with van der Waals surface area (Å²) in [6.07, 6.45) is -4.63. The average molecular weight is 333 g/mol. The monoisotopic (exact) mass is 332 g/mol. The normalized spacial score (nSPS) is 18.8. The molecule has 1 aromatic carbocycles. The number of halogens is 5. The Morgan fingerprint density at radius 2 is 1.80 bits per heavy atom. The standard InChI is InChI=1S/C12H15F3N2O.2ClH/c1-9-8-17(7-6-16-9)10-2-4-11(5-3-10)18-12(13,14)15;;/h2-5,9,16H,6-8H2,1H3;2*1H/t9-;;/m1../s1. The molecule has 0 unspecified atom stereocenters. The Bertz CT molecular complexity index is 401. The van der Waals surface area contributed by atoms with Crippen molar-refractivity contribution in [3.63, 3.8) is 0 Å². The number of anilines is 1. The summed E-state index contributed by atoms with van der Waals surface area (Å²) < 4.78 is 39.9. The van der Waals surface area contributed by atoms with Crippen LogP contribution in [-0.4, -0.2) is 32.0 Å². The summed E-state index contributed by atoms with van der Waals surface area (Å²) in [4.78, 5) is 2.14. The van der Waals surface area contributed by atoms with E-state index in [0.29, 0.717) is 6.04 Å². The topological polar surface area (TPSA) is 24.5 Å². The van der Waals surface area contributed by atoms with Crippen LogP contribution in [0.4, 0.5) is 18.9 Å². The molecule has 0 saturated carbocycles. The fourth-order valence-corrected chi connectivity index (χ4v) is 2.03. The first kappa shape index (κ1) is 19.1. The highest BCUT2D eigenvalue weighted by atomic mass is 35.5. The van der Waals surface area contributed by atoms with Crippen molar-refractivity contribution in [1.29, 1.82) is 0 Å². The molecule has 8 heteroatoms. The second-order valence-electron chi connectivity index (χ2n) is 4.34. The third-order valence-electron chi connectivity index (χ3n) is 2.80. The first-order valence-electron chi connectivity index (χ1n) is 5.78. The quantitative estimate of drug-likeness (QED) is 0.899. The maximum Gasteiger partial charge on any atom is 0.573 e. The van der Waals surface area contributed by atoms with Crippen molar-refractivity contribution in [3.8, 4) is 5.75 Å². The fraction of sp³-hybridized carbons (Fsp3) is 0.500. The Morgan fingerprint density at radius 3 is 2.30 bits per heavy atom. The van der Waals surface area contributed by atoms with Crippen LogP contribution in [0, 0.1) is 0 Å². The number of ether oxygens (including phenoxy) is 1. The molecule has 1 atom stereocenters. The molecule has 0 spiro atoms. The predicted octanol–water partition coefficient (Wildman–Crippen LogP) is 3.23. The highest BCUT2D eigenvalue weighted by Gasteiger charge is 2.31. The average Bonchev–Trinajstić information content (AvgIpc) is 2.28. The van der Waals surface area contributed by atoms with Gasteiger partial charge in [0.1, 0.15) is 5.75 Å². The zero-order valence-corrected chi connectivity index (χ0v) is 12.4. The molecule has 1 aliphatic heterocycles. The van der Waals surface area contributed by atoms with Crippen molar-refractivity contribution >= 4 is 30.5 Å². The third-order valence-corrected chi connectivity index (χ3v) is 2.80. The minimum Gasteiger partial charge on any atom is -0.406 e. The molecule has 3 nitrogen and oxygen atoms in total. The van der Waals surface area contributed by atoms with Gasteiger partial charge < -0.3 is 15.0 Å². The van der Waals surface area contributed by atoms with Crippen LogP contribution >= 0.6 is 24.8 Å². The van der Waals surface area contributed by atoms with Crippen LogP contribution < -0.4 is 15.0 Å². The minimum absolute atomic E-state index is 0. The van der Waals surface area contributed by atoms with Gasteiger partial charge in [-0.05, 0) is 31.2 Å². The Labute approximate surface area is 128 Å². The molecule has 1 saturated heterocycles. The number of benzene rings is 1. The molecule has 2 rings (SSSR count). The van der Waals surface area contributed by atoms with Gasteiger partial charge in [0, 0.05) is 31.4 Å². The summed E-state index contributed by atoms with van der Waals surface area (Å²) in [5, 5.41) is 3.31. The summed E-state index contributed by atoms with van der Waals surface area (Å²) >= 11 is 0. The van der Waals surface area contributed by atoms with E-state index >= 15 is 0 Å². The molecule has 0 aromatic heterocycles. The summed E-state index contributed by atoms with van der Waals surface area (Å²) in [6.45, 7) is 4.65. The van der Waals surface area contributed by atoms with Crippen molar-refractivity contribution in [1.82, 2.24) is 5.32 Å². The Hall–Kier alpha value is -0.850. The van der Waals surface area contributed by atoms with Gasteiger partial charge in [0.25, 0.3) is 0 Å². The first-order chi connectivity index (χ1) is 8.44. The molecular weight excluding hydrogens is 316 g/mol. The summed E-state index contributed by atoms with van der Waals surface area (Å²) in [6, 6.07) is 6.37. The second-order valence-corrected chi connectivity index (χ2v) is 4.34. The van der Waals surface area contributed by atoms with Crippen LogP contribution in [0.1, 0.15) is 6.92 Å². The highest BCUT2D eigenvalue weighted by molar-refractivity contribution is 5.85. The van der Waals surface area contributed by atoms with Crippen LogP contribution in [0.25, 0.3) is 0 Å². The van der Waals surface area contributed by atoms with Crippen molar-refractivity contribution in [2.75, 3.05) is 24.5 Å². The van der Waals surface area contributed by atoms with Gasteiger partial charge in [-0.25, -0.2) is 0 Å². The molecule has 1 heterocycles. The number of rotatable bonds is 2. The molecule has 20 heavy (non-hydrogen) atoms. The van der Waals surface area contributed by atoms with E-state index in [9.17, 15) is 13.2 Å². The first-order valence-corrected chi connectivity index (χ1v) is 5.78. The lowest BCUT2D eigenvalue weighted by Crippen LogP contribution is -2.49. The lowest BCUT2D eigenvalue weighted by Gasteiger charge is -2.33. The van der Waals surface area contributed by atoms with E-state index in [1.807, 2.05) is 0 Å². The maximum atomic E-state index is 12.0. The van der Waals surface area contributed by atoms with E-state index in [-0.39, 0.29) is 30.6 Å². The number of nitrogens with zero attached hydrogens (tertiary/aromatic N) is 1. The molecule has 1 fully saturated rings. The Balaban J connectivity index is 0.00000180. The van der Waals surface area contributed by atoms with Gasteiger partial charge in [-0.2, -0.15) is 0 Å². The zero-order chi connectivity index (χ0) is 13.2. The van der Waals surface area contributed by atoms with E-state index in [1.54, 1.807) is 12.1 Å². The fourth-order valence-electron chi connectivity index (χ4n) is 2.03. The number of piperazine rings is 1. The van der Waals surface area contributed by atoms with Gasteiger partial charge in [-0.3, -0.25) is 0 Å². The van der Waals surface area contributed by atoms with E-state index < -0.39 is 6.36 Å². The number of hydrogen-bond acceptors (Lipinski definition) is 3.